The minimum Gasteiger partial charge on any atom is -0.326 e. The lowest BCUT2D eigenvalue weighted by atomic mass is 9.97. The number of nitrogens with zero attached hydrogens (tertiary/aromatic N) is 1. The van der Waals surface area contributed by atoms with E-state index in [2.05, 4.69) is 15.3 Å². The Balaban J connectivity index is 1.48. The topological polar surface area (TPSA) is 74.8 Å². The molecular weight excluding hydrogens is 372 g/mol. The standard InChI is InChI=1S/C19H17F2N3O2S/c20-12-6-5-10(9-13(12)21)22-16(25)8-7-15-23-18(26)17-11-3-1-2-4-14(11)27-19(17)24-15/h5-6,9H,1-4,7-8H2,(H,22,25)(H,23,24,26). The first-order chi connectivity index (χ1) is 13.0. The van der Waals surface area contributed by atoms with E-state index in [4.69, 9.17) is 0 Å². The minimum atomic E-state index is -1.02. The van der Waals surface area contributed by atoms with Gasteiger partial charge in [0.15, 0.2) is 11.6 Å². The van der Waals surface area contributed by atoms with Gasteiger partial charge in [-0.25, -0.2) is 13.8 Å². The first kappa shape index (κ1) is 17.8. The predicted octanol–water partition coefficient (Wildman–Crippen LogP) is 3.71. The molecule has 0 unspecified atom stereocenters. The molecular formula is C19H17F2N3O2S. The Bertz CT molecular complexity index is 1090. The van der Waals surface area contributed by atoms with Crippen molar-refractivity contribution in [1.82, 2.24) is 9.97 Å². The molecule has 0 radical (unpaired) electrons. The molecule has 0 saturated carbocycles. The van der Waals surface area contributed by atoms with Gasteiger partial charge in [-0.3, -0.25) is 9.59 Å². The molecule has 0 saturated heterocycles. The number of aromatic nitrogens is 2. The Labute approximate surface area is 157 Å². The smallest absolute Gasteiger partial charge is 0.259 e. The van der Waals surface area contributed by atoms with Crippen LogP contribution in [0.2, 0.25) is 0 Å². The van der Waals surface area contributed by atoms with Gasteiger partial charge in [0.25, 0.3) is 5.56 Å². The summed E-state index contributed by atoms with van der Waals surface area (Å²) < 4.78 is 26.1. The molecule has 1 aromatic carbocycles. The van der Waals surface area contributed by atoms with E-state index >= 15 is 0 Å². The normalized spacial score (nSPS) is 13.6. The van der Waals surface area contributed by atoms with Crippen LogP contribution in [0.3, 0.4) is 0 Å². The molecule has 1 aliphatic carbocycles. The summed E-state index contributed by atoms with van der Waals surface area (Å²) >= 11 is 1.56. The van der Waals surface area contributed by atoms with E-state index < -0.39 is 11.6 Å². The Morgan fingerprint density at radius 3 is 2.85 bits per heavy atom. The highest BCUT2D eigenvalue weighted by Crippen LogP contribution is 2.33. The number of aromatic amines is 1. The number of benzene rings is 1. The molecule has 2 aromatic heterocycles. The zero-order chi connectivity index (χ0) is 19.0. The third-order valence-electron chi connectivity index (χ3n) is 4.67. The third-order valence-corrected chi connectivity index (χ3v) is 5.85. The lowest BCUT2D eigenvalue weighted by molar-refractivity contribution is -0.116. The molecule has 0 fully saturated rings. The molecule has 0 spiro atoms. The minimum absolute atomic E-state index is 0.0680. The van der Waals surface area contributed by atoms with E-state index in [9.17, 15) is 18.4 Å². The van der Waals surface area contributed by atoms with Gasteiger partial charge in [0.1, 0.15) is 10.7 Å². The van der Waals surface area contributed by atoms with Crippen molar-refractivity contribution in [2.75, 3.05) is 5.32 Å². The highest BCUT2D eigenvalue weighted by molar-refractivity contribution is 7.18. The maximum absolute atomic E-state index is 13.2. The van der Waals surface area contributed by atoms with E-state index in [1.54, 1.807) is 11.3 Å². The number of carbonyl (C=O) groups excluding carboxylic acids is 1. The van der Waals surface area contributed by atoms with Crippen LogP contribution < -0.4 is 10.9 Å². The second kappa shape index (κ2) is 7.19. The molecule has 8 heteroatoms. The Kier molecular flexibility index (Phi) is 4.73. The van der Waals surface area contributed by atoms with Gasteiger partial charge in [-0.05, 0) is 43.4 Å². The molecule has 0 atom stereocenters. The van der Waals surface area contributed by atoms with Gasteiger partial charge in [-0.1, -0.05) is 0 Å². The fourth-order valence-corrected chi connectivity index (χ4v) is 4.64. The fourth-order valence-electron chi connectivity index (χ4n) is 3.36. The maximum atomic E-state index is 13.2. The summed E-state index contributed by atoms with van der Waals surface area (Å²) in [5, 5.41) is 3.19. The summed E-state index contributed by atoms with van der Waals surface area (Å²) in [4.78, 5) is 33.8. The van der Waals surface area contributed by atoms with Crippen molar-refractivity contribution in [2.45, 2.75) is 38.5 Å². The highest BCUT2D eigenvalue weighted by atomic mass is 32.1. The van der Waals surface area contributed by atoms with Crippen molar-refractivity contribution in [3.05, 3.63) is 56.5 Å². The van der Waals surface area contributed by atoms with Gasteiger partial charge >= 0.3 is 0 Å². The van der Waals surface area contributed by atoms with Crippen molar-refractivity contribution in [3.8, 4) is 0 Å². The van der Waals surface area contributed by atoms with E-state index in [0.29, 0.717) is 11.2 Å². The number of nitrogens with one attached hydrogen (secondary N) is 2. The van der Waals surface area contributed by atoms with Crippen LogP contribution >= 0.6 is 11.3 Å². The number of halogens is 2. The average molecular weight is 389 g/mol. The van der Waals surface area contributed by atoms with Crippen molar-refractivity contribution in [1.29, 1.82) is 0 Å². The van der Waals surface area contributed by atoms with E-state index in [-0.39, 0.29) is 30.0 Å². The van der Waals surface area contributed by atoms with Gasteiger partial charge in [0, 0.05) is 29.5 Å². The summed E-state index contributed by atoms with van der Waals surface area (Å²) in [5.41, 5.74) is 1.15. The molecule has 140 valence electrons. The van der Waals surface area contributed by atoms with Crippen LogP contribution in [-0.4, -0.2) is 15.9 Å². The second-order valence-electron chi connectivity index (χ2n) is 6.58. The monoisotopic (exact) mass is 389 g/mol. The van der Waals surface area contributed by atoms with Crippen molar-refractivity contribution in [3.63, 3.8) is 0 Å². The van der Waals surface area contributed by atoms with Crippen LogP contribution in [0.15, 0.2) is 23.0 Å². The summed E-state index contributed by atoms with van der Waals surface area (Å²) in [5.74, 6) is -1.91. The van der Waals surface area contributed by atoms with Crippen molar-refractivity contribution in [2.24, 2.45) is 0 Å². The molecule has 27 heavy (non-hydrogen) atoms. The highest BCUT2D eigenvalue weighted by Gasteiger charge is 2.20. The zero-order valence-corrected chi connectivity index (χ0v) is 15.2. The Morgan fingerprint density at radius 1 is 1.22 bits per heavy atom. The number of thiophene rings is 1. The number of fused-ring (bicyclic) bond motifs is 3. The number of H-pyrrole nitrogens is 1. The van der Waals surface area contributed by atoms with Crippen LogP contribution in [0, 0.1) is 11.6 Å². The molecule has 1 amide bonds. The molecule has 4 rings (SSSR count). The number of carbonyl (C=O) groups is 1. The lowest BCUT2D eigenvalue weighted by Crippen LogP contribution is -2.16. The summed E-state index contributed by atoms with van der Waals surface area (Å²) in [6, 6.07) is 3.17. The number of amides is 1. The lowest BCUT2D eigenvalue weighted by Gasteiger charge is -2.09. The largest absolute Gasteiger partial charge is 0.326 e. The van der Waals surface area contributed by atoms with Crippen LogP contribution in [-0.2, 0) is 24.1 Å². The number of anilines is 1. The van der Waals surface area contributed by atoms with E-state index in [1.165, 1.54) is 10.9 Å². The second-order valence-corrected chi connectivity index (χ2v) is 7.66. The SMILES string of the molecule is O=C(CCc1nc2sc3c(c2c(=O)[nH]1)CCCC3)Nc1ccc(F)c(F)c1. The average Bonchev–Trinajstić information content (AvgIpc) is 3.02. The summed E-state index contributed by atoms with van der Waals surface area (Å²) in [6.07, 6.45) is 4.44. The molecule has 2 heterocycles. The number of hydrogen-bond donors (Lipinski definition) is 2. The van der Waals surface area contributed by atoms with Crippen LogP contribution in [0.25, 0.3) is 10.2 Å². The van der Waals surface area contributed by atoms with Gasteiger partial charge in [-0.15, -0.1) is 11.3 Å². The fraction of sp³-hybridized carbons (Fsp3) is 0.316. The molecule has 2 N–H and O–H groups in total. The van der Waals surface area contributed by atoms with Crippen LogP contribution in [0.4, 0.5) is 14.5 Å². The Morgan fingerprint density at radius 2 is 2.04 bits per heavy atom. The van der Waals surface area contributed by atoms with Crippen LogP contribution in [0.1, 0.15) is 35.5 Å². The summed E-state index contributed by atoms with van der Waals surface area (Å²) in [6.45, 7) is 0. The molecule has 3 aromatic rings. The van der Waals surface area contributed by atoms with Crippen LogP contribution in [0.5, 0.6) is 0 Å². The number of rotatable bonds is 4. The zero-order valence-electron chi connectivity index (χ0n) is 14.4. The van der Waals surface area contributed by atoms with Gasteiger partial charge < -0.3 is 10.3 Å². The molecule has 0 bridgehead atoms. The quantitative estimate of drug-likeness (QED) is 0.714. The predicted molar refractivity (Wildman–Crippen MR) is 100 cm³/mol. The van der Waals surface area contributed by atoms with Gasteiger partial charge in [0.05, 0.1) is 5.39 Å². The van der Waals surface area contributed by atoms with Crippen molar-refractivity contribution < 1.29 is 13.6 Å². The maximum Gasteiger partial charge on any atom is 0.259 e. The Hall–Kier alpha value is -2.61. The van der Waals surface area contributed by atoms with Gasteiger partial charge in [0.2, 0.25) is 5.91 Å². The van der Waals surface area contributed by atoms with Crippen molar-refractivity contribution >= 4 is 33.1 Å². The third kappa shape index (κ3) is 3.62. The van der Waals surface area contributed by atoms with E-state index in [0.717, 1.165) is 48.2 Å². The number of aryl methyl sites for hydroxylation is 3. The first-order valence-electron chi connectivity index (χ1n) is 8.79. The molecule has 5 nitrogen and oxygen atoms in total. The molecule has 0 aliphatic heterocycles. The first-order valence-corrected chi connectivity index (χ1v) is 9.61. The summed E-state index contributed by atoms with van der Waals surface area (Å²) in [7, 11) is 0. The van der Waals surface area contributed by atoms with E-state index in [1.807, 2.05) is 0 Å². The number of hydrogen-bond acceptors (Lipinski definition) is 4. The molecule has 1 aliphatic rings. The van der Waals surface area contributed by atoms with Gasteiger partial charge in [-0.2, -0.15) is 0 Å².